The zero-order valence-electron chi connectivity index (χ0n) is 26.5. The van der Waals surface area contributed by atoms with Gasteiger partial charge in [-0.1, -0.05) is 158 Å². The van der Waals surface area contributed by atoms with Gasteiger partial charge in [-0.25, -0.2) is 15.0 Å². The Labute approximate surface area is 284 Å². The molecule has 9 aromatic rings. The van der Waals surface area contributed by atoms with Gasteiger partial charge in [0, 0.05) is 44.2 Å². The summed E-state index contributed by atoms with van der Waals surface area (Å²) in [7, 11) is 0. The van der Waals surface area contributed by atoms with Gasteiger partial charge in [-0.3, -0.25) is 0 Å². The van der Waals surface area contributed by atoms with Crippen LogP contribution in [0.25, 0.3) is 89.5 Å². The molecule has 0 saturated carbocycles. The van der Waals surface area contributed by atoms with Gasteiger partial charge in [-0.15, -0.1) is 0 Å². The first kappa shape index (κ1) is 28.6. The van der Waals surface area contributed by atoms with Crippen LogP contribution in [0.1, 0.15) is 0 Å². The first-order valence-corrected chi connectivity index (χ1v) is 16.4. The summed E-state index contributed by atoms with van der Waals surface area (Å²) in [6.07, 6.45) is 0. The molecule has 6 aromatic carbocycles. The number of hydrogen-bond donors (Lipinski definition) is 0. The van der Waals surface area contributed by atoms with Crippen molar-refractivity contribution in [2.24, 2.45) is 0 Å². The third-order valence-corrected chi connectivity index (χ3v) is 8.89. The molecule has 230 valence electrons. The van der Waals surface area contributed by atoms with E-state index in [1.807, 2.05) is 78.9 Å². The van der Waals surface area contributed by atoms with Gasteiger partial charge in [0.15, 0.2) is 11.4 Å². The van der Waals surface area contributed by atoms with Gasteiger partial charge >= 0.3 is 0 Å². The third kappa shape index (κ3) is 5.26. The standard InChI is InChI=1S/C45H29N3O/c1-5-16-30(17-6-1)38-29-39(48-45(47-38)33-22-11-4-12-23-33)34-24-15-25-35(28-34)40-41-36-26-13-14-27-37(36)46-42(31-18-7-2-8-19-31)44(41)49-43(40)32-20-9-3-10-21-32/h1-29H. The molecule has 0 amide bonds. The summed E-state index contributed by atoms with van der Waals surface area (Å²) >= 11 is 0. The summed E-state index contributed by atoms with van der Waals surface area (Å²) in [6.45, 7) is 0. The van der Waals surface area contributed by atoms with E-state index in [9.17, 15) is 0 Å². The zero-order chi connectivity index (χ0) is 32.6. The van der Waals surface area contributed by atoms with Crippen LogP contribution in [0.2, 0.25) is 0 Å². The molecule has 0 spiro atoms. The Balaban J connectivity index is 1.31. The fraction of sp³-hybridized carbons (Fsp3) is 0. The highest BCUT2D eigenvalue weighted by Crippen LogP contribution is 2.47. The Morgan fingerprint density at radius 3 is 1.61 bits per heavy atom. The second-order valence-electron chi connectivity index (χ2n) is 12.0. The van der Waals surface area contributed by atoms with E-state index in [0.29, 0.717) is 5.82 Å². The van der Waals surface area contributed by atoms with Gasteiger partial charge in [0.05, 0.1) is 16.9 Å². The monoisotopic (exact) mass is 627 g/mol. The molecule has 0 bridgehead atoms. The van der Waals surface area contributed by atoms with Crippen molar-refractivity contribution in [1.82, 2.24) is 15.0 Å². The van der Waals surface area contributed by atoms with Crippen LogP contribution in [0.5, 0.6) is 0 Å². The summed E-state index contributed by atoms with van der Waals surface area (Å²) in [5.74, 6) is 1.49. The van der Waals surface area contributed by atoms with E-state index >= 15 is 0 Å². The molecule has 0 unspecified atom stereocenters. The molecular formula is C45H29N3O. The summed E-state index contributed by atoms with van der Waals surface area (Å²) < 4.78 is 6.94. The van der Waals surface area contributed by atoms with E-state index in [1.165, 1.54) is 0 Å². The first-order valence-electron chi connectivity index (χ1n) is 16.4. The maximum Gasteiger partial charge on any atom is 0.162 e. The van der Waals surface area contributed by atoms with Crippen molar-refractivity contribution in [3.63, 3.8) is 0 Å². The molecule has 3 heterocycles. The first-order chi connectivity index (χ1) is 24.3. The number of hydrogen-bond acceptors (Lipinski definition) is 4. The lowest BCUT2D eigenvalue weighted by Gasteiger charge is -2.11. The van der Waals surface area contributed by atoms with E-state index in [1.54, 1.807) is 0 Å². The Hall–Kier alpha value is -6.65. The van der Waals surface area contributed by atoms with Crippen molar-refractivity contribution < 1.29 is 4.42 Å². The predicted molar refractivity (Wildman–Crippen MR) is 200 cm³/mol. The van der Waals surface area contributed by atoms with Crippen LogP contribution >= 0.6 is 0 Å². The molecule has 4 heteroatoms. The SMILES string of the molecule is c1ccc(-c2cc(-c3cccc(-c4c(-c5ccccc5)oc5c(-c6ccccc6)nc6ccccc6c45)c3)nc(-c3ccccc3)n2)cc1. The van der Waals surface area contributed by atoms with E-state index in [-0.39, 0.29) is 0 Å². The summed E-state index contributed by atoms with van der Waals surface area (Å²) in [6, 6.07) is 60.1. The number of aromatic nitrogens is 3. The second kappa shape index (κ2) is 12.2. The van der Waals surface area contributed by atoms with Gasteiger partial charge < -0.3 is 4.42 Å². The molecule has 4 nitrogen and oxygen atoms in total. The quantitative estimate of drug-likeness (QED) is 0.184. The van der Waals surface area contributed by atoms with Crippen molar-refractivity contribution >= 4 is 21.9 Å². The number of rotatable bonds is 6. The molecular weight excluding hydrogens is 599 g/mol. The molecule has 0 fully saturated rings. The summed E-state index contributed by atoms with van der Waals surface area (Å²) in [5, 5.41) is 2.08. The Morgan fingerprint density at radius 1 is 0.388 bits per heavy atom. The predicted octanol–water partition coefficient (Wildman–Crippen LogP) is 11.8. The highest BCUT2D eigenvalue weighted by Gasteiger charge is 2.24. The Kier molecular flexibility index (Phi) is 7.10. The van der Waals surface area contributed by atoms with E-state index < -0.39 is 0 Å². The third-order valence-electron chi connectivity index (χ3n) is 8.89. The molecule has 0 atom stereocenters. The molecule has 0 aliphatic heterocycles. The molecule has 0 N–H and O–H groups in total. The molecule has 3 aromatic heterocycles. The van der Waals surface area contributed by atoms with Crippen LogP contribution in [0.15, 0.2) is 180 Å². The number of pyridine rings is 1. The van der Waals surface area contributed by atoms with Crippen molar-refractivity contribution in [3.05, 3.63) is 176 Å². The van der Waals surface area contributed by atoms with Crippen LogP contribution in [0.3, 0.4) is 0 Å². The molecule has 0 saturated heterocycles. The smallest absolute Gasteiger partial charge is 0.162 e. The maximum atomic E-state index is 6.94. The molecule has 0 aliphatic rings. The fourth-order valence-electron chi connectivity index (χ4n) is 6.57. The second-order valence-corrected chi connectivity index (χ2v) is 12.0. The lowest BCUT2D eigenvalue weighted by atomic mass is 9.94. The number of fused-ring (bicyclic) bond motifs is 3. The average Bonchev–Trinajstić information content (AvgIpc) is 3.60. The number of para-hydroxylation sites is 1. The minimum atomic E-state index is 0.686. The fourth-order valence-corrected chi connectivity index (χ4v) is 6.57. The lowest BCUT2D eigenvalue weighted by Crippen LogP contribution is -1.96. The van der Waals surface area contributed by atoms with Crippen molar-refractivity contribution in [2.75, 3.05) is 0 Å². The van der Waals surface area contributed by atoms with Gasteiger partial charge in [0.1, 0.15) is 11.5 Å². The van der Waals surface area contributed by atoms with Gasteiger partial charge in [-0.05, 0) is 23.8 Å². The lowest BCUT2D eigenvalue weighted by molar-refractivity contribution is 0.632. The highest BCUT2D eigenvalue weighted by molar-refractivity contribution is 6.18. The summed E-state index contributed by atoms with van der Waals surface area (Å²) in [5.41, 5.74) is 11.3. The molecule has 0 aliphatic carbocycles. The normalized spacial score (nSPS) is 11.3. The number of furan rings is 1. The van der Waals surface area contributed by atoms with Gasteiger partial charge in [0.25, 0.3) is 0 Å². The van der Waals surface area contributed by atoms with Crippen molar-refractivity contribution in [2.45, 2.75) is 0 Å². The zero-order valence-corrected chi connectivity index (χ0v) is 26.5. The molecule has 0 radical (unpaired) electrons. The highest BCUT2D eigenvalue weighted by atomic mass is 16.3. The Bertz CT molecular complexity index is 2520. The summed E-state index contributed by atoms with van der Waals surface area (Å²) in [4.78, 5) is 15.3. The van der Waals surface area contributed by atoms with Crippen LogP contribution < -0.4 is 0 Å². The van der Waals surface area contributed by atoms with Gasteiger partial charge in [-0.2, -0.15) is 0 Å². The van der Waals surface area contributed by atoms with Crippen LogP contribution in [-0.4, -0.2) is 15.0 Å². The molecule has 49 heavy (non-hydrogen) atoms. The minimum absolute atomic E-state index is 0.686. The van der Waals surface area contributed by atoms with Gasteiger partial charge in [0.2, 0.25) is 0 Å². The number of nitrogens with zero attached hydrogens (tertiary/aromatic N) is 3. The van der Waals surface area contributed by atoms with E-state index in [4.69, 9.17) is 19.4 Å². The topological polar surface area (TPSA) is 51.8 Å². The number of benzene rings is 6. The maximum absolute atomic E-state index is 6.94. The van der Waals surface area contributed by atoms with Crippen LogP contribution in [-0.2, 0) is 0 Å². The minimum Gasteiger partial charge on any atom is -0.453 e. The Morgan fingerprint density at radius 2 is 0.918 bits per heavy atom. The molecule has 9 rings (SSSR count). The van der Waals surface area contributed by atoms with E-state index in [0.717, 1.165) is 83.7 Å². The van der Waals surface area contributed by atoms with Crippen LogP contribution in [0.4, 0.5) is 0 Å². The van der Waals surface area contributed by atoms with Crippen molar-refractivity contribution in [1.29, 1.82) is 0 Å². The largest absolute Gasteiger partial charge is 0.453 e. The van der Waals surface area contributed by atoms with E-state index in [2.05, 4.69) is 97.1 Å². The van der Waals surface area contributed by atoms with Crippen LogP contribution in [0, 0.1) is 0 Å². The van der Waals surface area contributed by atoms with Crippen molar-refractivity contribution in [3.8, 4) is 67.6 Å². The average molecular weight is 628 g/mol.